The average molecular weight is 293 g/mol. The number of carbonyl (C=O) groups excluding carboxylic acids is 2. The van der Waals surface area contributed by atoms with Crippen LogP contribution in [0.2, 0.25) is 0 Å². The third kappa shape index (κ3) is 4.09. The fraction of sp³-hybridized carbons (Fsp3) is 0.625. The molecule has 1 aromatic rings. The Kier molecular flexibility index (Phi) is 5.04. The minimum atomic E-state index is -0.797. The average Bonchev–Trinajstić information content (AvgIpc) is 2.78. The maximum absolute atomic E-state index is 12.1. The molecule has 0 unspecified atom stereocenters. The van der Waals surface area contributed by atoms with Gasteiger partial charge in [0.05, 0.1) is 0 Å². The van der Waals surface area contributed by atoms with Gasteiger partial charge in [-0.3, -0.25) is 4.79 Å². The molecule has 1 aliphatic carbocycles. The van der Waals surface area contributed by atoms with E-state index in [2.05, 4.69) is 5.32 Å². The Morgan fingerprint density at radius 3 is 2.52 bits per heavy atom. The fourth-order valence-corrected chi connectivity index (χ4v) is 2.68. The van der Waals surface area contributed by atoms with Crippen molar-refractivity contribution in [3.63, 3.8) is 0 Å². The molecule has 5 heteroatoms. The van der Waals surface area contributed by atoms with Crippen LogP contribution in [0.3, 0.4) is 0 Å². The zero-order chi connectivity index (χ0) is 15.4. The minimum absolute atomic E-state index is 0.213. The maximum Gasteiger partial charge on any atom is 0.342 e. The largest absolute Gasteiger partial charge is 0.466 e. The second-order valence-electron chi connectivity index (χ2n) is 5.72. The van der Waals surface area contributed by atoms with Gasteiger partial charge in [-0.25, -0.2) is 4.79 Å². The van der Waals surface area contributed by atoms with E-state index in [0.29, 0.717) is 17.1 Å². The molecule has 21 heavy (non-hydrogen) atoms. The predicted octanol–water partition coefficient (Wildman–Crippen LogP) is 2.89. The number of hydrogen-bond acceptors (Lipinski definition) is 4. The van der Waals surface area contributed by atoms with Crippen LogP contribution in [0, 0.1) is 13.8 Å². The quantitative estimate of drug-likeness (QED) is 0.867. The van der Waals surface area contributed by atoms with E-state index < -0.39 is 12.1 Å². The van der Waals surface area contributed by atoms with E-state index in [1.165, 1.54) is 6.42 Å². The Balaban J connectivity index is 1.87. The lowest BCUT2D eigenvalue weighted by Crippen LogP contribution is -2.42. The first kappa shape index (κ1) is 15.6. The molecule has 1 fully saturated rings. The number of carbonyl (C=O) groups is 2. The van der Waals surface area contributed by atoms with Crippen molar-refractivity contribution in [2.45, 2.75) is 65.0 Å². The van der Waals surface area contributed by atoms with Crippen molar-refractivity contribution in [2.24, 2.45) is 0 Å². The van der Waals surface area contributed by atoms with E-state index in [1.54, 1.807) is 26.8 Å². The molecule has 1 aliphatic rings. The van der Waals surface area contributed by atoms with Crippen LogP contribution in [0.25, 0.3) is 0 Å². The number of furan rings is 1. The van der Waals surface area contributed by atoms with E-state index in [-0.39, 0.29) is 11.9 Å². The summed E-state index contributed by atoms with van der Waals surface area (Å²) >= 11 is 0. The van der Waals surface area contributed by atoms with Gasteiger partial charge in [-0.2, -0.15) is 0 Å². The molecule has 0 saturated heterocycles. The lowest BCUT2D eigenvalue weighted by Gasteiger charge is -2.24. The molecule has 116 valence electrons. The lowest BCUT2D eigenvalue weighted by molar-refractivity contribution is -0.130. The van der Waals surface area contributed by atoms with Crippen LogP contribution < -0.4 is 5.32 Å². The molecular formula is C16H23NO4. The third-order valence-corrected chi connectivity index (χ3v) is 3.87. The van der Waals surface area contributed by atoms with Gasteiger partial charge >= 0.3 is 5.97 Å². The molecule has 1 atom stereocenters. The molecule has 0 spiro atoms. The van der Waals surface area contributed by atoms with Crippen molar-refractivity contribution in [1.29, 1.82) is 0 Å². The molecule has 0 aliphatic heterocycles. The second-order valence-corrected chi connectivity index (χ2v) is 5.72. The van der Waals surface area contributed by atoms with Gasteiger partial charge in [-0.1, -0.05) is 19.3 Å². The minimum Gasteiger partial charge on any atom is -0.466 e. The first-order chi connectivity index (χ1) is 9.97. The zero-order valence-corrected chi connectivity index (χ0v) is 12.9. The summed E-state index contributed by atoms with van der Waals surface area (Å²) < 4.78 is 10.5. The number of ether oxygens (including phenoxy) is 1. The number of esters is 1. The molecular weight excluding hydrogens is 270 g/mol. The summed E-state index contributed by atoms with van der Waals surface area (Å²) in [5.41, 5.74) is 0.379. The van der Waals surface area contributed by atoms with Crippen LogP contribution in [-0.4, -0.2) is 24.0 Å². The van der Waals surface area contributed by atoms with E-state index in [0.717, 1.165) is 25.7 Å². The highest BCUT2D eigenvalue weighted by Crippen LogP contribution is 2.18. The van der Waals surface area contributed by atoms with Crippen molar-refractivity contribution in [3.8, 4) is 0 Å². The Morgan fingerprint density at radius 1 is 1.29 bits per heavy atom. The molecule has 0 aromatic carbocycles. The standard InChI is InChI=1S/C16H23NO4/c1-10-9-14(11(2)20-10)16(19)21-12(3)15(18)17-13-7-5-4-6-8-13/h9,12-13H,4-8H2,1-3H3,(H,17,18)/t12-/m0/s1. The van der Waals surface area contributed by atoms with E-state index >= 15 is 0 Å². The molecule has 1 saturated carbocycles. The first-order valence-electron chi connectivity index (χ1n) is 7.55. The van der Waals surface area contributed by atoms with Gasteiger partial charge in [0.15, 0.2) is 6.10 Å². The molecule has 1 aromatic heterocycles. The van der Waals surface area contributed by atoms with E-state index in [9.17, 15) is 9.59 Å². The van der Waals surface area contributed by atoms with Crippen LogP contribution in [-0.2, 0) is 9.53 Å². The van der Waals surface area contributed by atoms with Crippen molar-refractivity contribution < 1.29 is 18.7 Å². The Hall–Kier alpha value is -1.78. The van der Waals surface area contributed by atoms with Crippen LogP contribution in [0.5, 0.6) is 0 Å². The summed E-state index contributed by atoms with van der Waals surface area (Å²) in [6.07, 6.45) is 4.74. The molecule has 1 N–H and O–H groups in total. The molecule has 1 heterocycles. The normalized spacial score (nSPS) is 17.3. The van der Waals surface area contributed by atoms with Gasteiger partial charge in [-0.15, -0.1) is 0 Å². The summed E-state index contributed by atoms with van der Waals surface area (Å²) in [4.78, 5) is 24.1. The van der Waals surface area contributed by atoms with Crippen LogP contribution in [0.4, 0.5) is 0 Å². The van der Waals surface area contributed by atoms with Crippen molar-refractivity contribution in [2.75, 3.05) is 0 Å². The predicted molar refractivity (Wildman–Crippen MR) is 78.1 cm³/mol. The maximum atomic E-state index is 12.1. The molecule has 0 bridgehead atoms. The first-order valence-corrected chi connectivity index (χ1v) is 7.55. The molecule has 5 nitrogen and oxygen atoms in total. The van der Waals surface area contributed by atoms with Crippen LogP contribution in [0.15, 0.2) is 10.5 Å². The van der Waals surface area contributed by atoms with Gasteiger partial charge < -0.3 is 14.5 Å². The van der Waals surface area contributed by atoms with Gasteiger partial charge in [0, 0.05) is 6.04 Å². The Bertz CT molecular complexity index is 514. The number of amides is 1. The van der Waals surface area contributed by atoms with E-state index in [4.69, 9.17) is 9.15 Å². The Morgan fingerprint density at radius 2 is 1.95 bits per heavy atom. The summed E-state index contributed by atoms with van der Waals surface area (Å²) in [5.74, 6) is 0.417. The second kappa shape index (κ2) is 6.78. The van der Waals surface area contributed by atoms with Gasteiger partial charge in [0.2, 0.25) is 0 Å². The van der Waals surface area contributed by atoms with Crippen LogP contribution in [0.1, 0.15) is 60.9 Å². The molecule has 0 radical (unpaired) electrons. The molecule has 2 rings (SSSR count). The van der Waals surface area contributed by atoms with E-state index in [1.807, 2.05) is 0 Å². The number of rotatable bonds is 4. The fourth-order valence-electron chi connectivity index (χ4n) is 2.68. The van der Waals surface area contributed by atoms with Crippen molar-refractivity contribution >= 4 is 11.9 Å². The summed E-state index contributed by atoms with van der Waals surface area (Å²) in [6, 6.07) is 1.84. The SMILES string of the molecule is Cc1cc(C(=O)O[C@@H](C)C(=O)NC2CCCCC2)c(C)o1. The Labute approximate surface area is 125 Å². The highest BCUT2D eigenvalue weighted by Gasteiger charge is 2.24. The number of hydrogen-bond donors (Lipinski definition) is 1. The van der Waals surface area contributed by atoms with Gasteiger partial charge in [-0.05, 0) is 39.7 Å². The van der Waals surface area contributed by atoms with Crippen LogP contribution >= 0.6 is 0 Å². The monoisotopic (exact) mass is 293 g/mol. The lowest BCUT2D eigenvalue weighted by atomic mass is 9.95. The van der Waals surface area contributed by atoms with Crippen molar-refractivity contribution in [1.82, 2.24) is 5.32 Å². The van der Waals surface area contributed by atoms with Gasteiger partial charge in [0.1, 0.15) is 17.1 Å². The topological polar surface area (TPSA) is 68.5 Å². The van der Waals surface area contributed by atoms with Gasteiger partial charge in [0.25, 0.3) is 5.91 Å². The van der Waals surface area contributed by atoms with Crippen molar-refractivity contribution in [3.05, 3.63) is 23.2 Å². The number of aryl methyl sites for hydroxylation is 2. The summed E-state index contributed by atoms with van der Waals surface area (Å²) in [6.45, 7) is 5.07. The number of nitrogens with one attached hydrogen (secondary N) is 1. The third-order valence-electron chi connectivity index (χ3n) is 3.87. The smallest absolute Gasteiger partial charge is 0.342 e. The zero-order valence-electron chi connectivity index (χ0n) is 12.9. The summed E-state index contributed by atoms with van der Waals surface area (Å²) in [5, 5.41) is 2.96. The highest BCUT2D eigenvalue weighted by molar-refractivity contribution is 5.93. The summed E-state index contributed by atoms with van der Waals surface area (Å²) in [7, 11) is 0. The highest BCUT2D eigenvalue weighted by atomic mass is 16.5. The molecule has 1 amide bonds.